The van der Waals surface area contributed by atoms with E-state index < -0.39 is 0 Å². The Balaban J connectivity index is 2.75. The molecule has 0 aliphatic rings. The molecule has 1 unspecified atom stereocenters. The van der Waals surface area contributed by atoms with Crippen LogP contribution in [0.15, 0.2) is 23.1 Å². The maximum absolute atomic E-state index is 11.8. The van der Waals surface area contributed by atoms with Gasteiger partial charge in [0.1, 0.15) is 0 Å². The fraction of sp³-hybridized carbons (Fsp3) is 0.364. The normalized spacial score (nSPS) is 11.6. The van der Waals surface area contributed by atoms with Gasteiger partial charge in [0, 0.05) is 25.9 Å². The zero-order valence-electron chi connectivity index (χ0n) is 9.23. The van der Waals surface area contributed by atoms with Gasteiger partial charge >= 0.3 is 0 Å². The number of nitriles is 1. The first-order valence-electron chi connectivity index (χ1n) is 4.88. The van der Waals surface area contributed by atoms with Gasteiger partial charge in [-0.15, -0.1) is 0 Å². The summed E-state index contributed by atoms with van der Waals surface area (Å²) in [4.78, 5) is 26.5. The second kappa shape index (κ2) is 5.12. The Morgan fingerprint density at radius 1 is 1.62 bits per heavy atom. The van der Waals surface area contributed by atoms with Gasteiger partial charge in [0.05, 0.1) is 17.6 Å². The smallest absolute Gasteiger partial charge is 0.255 e. The highest BCUT2D eigenvalue weighted by molar-refractivity contribution is 5.93. The highest BCUT2D eigenvalue weighted by Gasteiger charge is 2.13. The SMILES string of the molecule is CC(C#N)CN(C)C(=O)c1ccc(=O)[nH]c1. The Morgan fingerprint density at radius 2 is 2.31 bits per heavy atom. The number of carbonyl (C=O) groups excluding carboxylic acids is 1. The third kappa shape index (κ3) is 2.95. The highest BCUT2D eigenvalue weighted by Crippen LogP contribution is 2.03. The third-order valence-electron chi connectivity index (χ3n) is 2.15. The quantitative estimate of drug-likeness (QED) is 0.809. The number of pyridine rings is 1. The van der Waals surface area contributed by atoms with Gasteiger partial charge in [-0.05, 0) is 13.0 Å². The summed E-state index contributed by atoms with van der Waals surface area (Å²) in [5.74, 6) is -0.421. The van der Waals surface area contributed by atoms with Gasteiger partial charge in [0.2, 0.25) is 5.56 Å². The van der Waals surface area contributed by atoms with Crippen molar-refractivity contribution < 1.29 is 4.79 Å². The van der Waals surface area contributed by atoms with Crippen LogP contribution in [0.5, 0.6) is 0 Å². The molecule has 0 aliphatic carbocycles. The number of hydrogen-bond donors (Lipinski definition) is 1. The summed E-state index contributed by atoms with van der Waals surface area (Å²) in [6.07, 6.45) is 1.37. The number of nitrogens with one attached hydrogen (secondary N) is 1. The molecule has 16 heavy (non-hydrogen) atoms. The molecule has 0 aliphatic heterocycles. The largest absolute Gasteiger partial charge is 0.340 e. The molecule has 0 radical (unpaired) electrons. The van der Waals surface area contributed by atoms with E-state index >= 15 is 0 Å². The van der Waals surface area contributed by atoms with E-state index in [0.29, 0.717) is 12.1 Å². The average molecular weight is 219 g/mol. The fourth-order valence-electron chi connectivity index (χ4n) is 1.30. The number of aromatic amines is 1. The number of aromatic nitrogens is 1. The maximum atomic E-state index is 11.8. The highest BCUT2D eigenvalue weighted by atomic mass is 16.2. The molecule has 84 valence electrons. The molecule has 5 nitrogen and oxygen atoms in total. The van der Waals surface area contributed by atoms with E-state index in [1.807, 2.05) is 0 Å². The van der Waals surface area contributed by atoms with Crippen molar-refractivity contribution in [1.82, 2.24) is 9.88 Å². The molecule has 1 heterocycles. The van der Waals surface area contributed by atoms with Gasteiger partial charge in [0.15, 0.2) is 0 Å². The van der Waals surface area contributed by atoms with Crippen molar-refractivity contribution in [3.05, 3.63) is 34.2 Å². The summed E-state index contributed by atoms with van der Waals surface area (Å²) in [7, 11) is 1.63. The predicted molar refractivity (Wildman–Crippen MR) is 58.8 cm³/mol. The lowest BCUT2D eigenvalue weighted by atomic mass is 10.2. The Bertz CT molecular complexity index is 452. The van der Waals surface area contributed by atoms with Gasteiger partial charge in [-0.25, -0.2) is 0 Å². The molecule has 1 rings (SSSR count). The van der Waals surface area contributed by atoms with Crippen molar-refractivity contribution in [2.75, 3.05) is 13.6 Å². The summed E-state index contributed by atoms with van der Waals surface area (Å²) in [6.45, 7) is 2.12. The molecule has 0 fully saturated rings. The van der Waals surface area contributed by atoms with E-state index in [1.54, 1.807) is 14.0 Å². The molecule has 0 saturated carbocycles. The first-order chi connectivity index (χ1) is 7.54. The Morgan fingerprint density at radius 3 is 2.81 bits per heavy atom. The molecular formula is C11H13N3O2. The van der Waals surface area contributed by atoms with Crippen LogP contribution in [0.1, 0.15) is 17.3 Å². The molecule has 1 aromatic heterocycles. The lowest BCUT2D eigenvalue weighted by Crippen LogP contribution is -2.31. The summed E-state index contributed by atoms with van der Waals surface area (Å²) in [5, 5.41) is 8.64. The zero-order valence-corrected chi connectivity index (χ0v) is 9.23. The van der Waals surface area contributed by atoms with Crippen LogP contribution in [0, 0.1) is 17.2 Å². The third-order valence-corrected chi connectivity index (χ3v) is 2.15. The van der Waals surface area contributed by atoms with Crippen LogP contribution in [0.2, 0.25) is 0 Å². The topological polar surface area (TPSA) is 77.0 Å². The summed E-state index contributed by atoms with van der Waals surface area (Å²) >= 11 is 0. The van der Waals surface area contributed by atoms with Crippen molar-refractivity contribution in [2.45, 2.75) is 6.92 Å². The van der Waals surface area contributed by atoms with Crippen molar-refractivity contribution in [3.63, 3.8) is 0 Å². The van der Waals surface area contributed by atoms with E-state index in [9.17, 15) is 9.59 Å². The van der Waals surface area contributed by atoms with Crippen LogP contribution in [-0.2, 0) is 0 Å². The minimum absolute atomic E-state index is 0.210. The van der Waals surface area contributed by atoms with Gasteiger partial charge in [-0.1, -0.05) is 0 Å². The summed E-state index contributed by atoms with van der Waals surface area (Å²) < 4.78 is 0. The predicted octanol–water partition coefficient (Wildman–Crippen LogP) is 0.607. The first-order valence-corrected chi connectivity index (χ1v) is 4.88. The van der Waals surface area contributed by atoms with Gasteiger partial charge < -0.3 is 9.88 Å². The molecule has 1 aromatic rings. The summed E-state index contributed by atoms with van der Waals surface area (Å²) in [5.41, 5.74) is 0.164. The molecule has 1 N–H and O–H groups in total. The lowest BCUT2D eigenvalue weighted by molar-refractivity contribution is 0.0784. The molecule has 1 amide bonds. The van der Waals surface area contributed by atoms with Crippen molar-refractivity contribution in [1.29, 1.82) is 5.26 Å². The lowest BCUT2D eigenvalue weighted by Gasteiger charge is -2.17. The van der Waals surface area contributed by atoms with Crippen LogP contribution < -0.4 is 5.56 Å². The Labute approximate surface area is 93.3 Å². The van der Waals surface area contributed by atoms with E-state index in [2.05, 4.69) is 11.1 Å². The van der Waals surface area contributed by atoms with Crippen LogP contribution in [0.3, 0.4) is 0 Å². The van der Waals surface area contributed by atoms with E-state index in [4.69, 9.17) is 5.26 Å². The standard InChI is InChI=1S/C11H13N3O2/c1-8(5-12)7-14(2)11(16)9-3-4-10(15)13-6-9/h3-4,6,8H,7H2,1-2H3,(H,13,15). The van der Waals surface area contributed by atoms with E-state index in [0.717, 1.165) is 0 Å². The average Bonchev–Trinajstić information content (AvgIpc) is 2.28. The molecular weight excluding hydrogens is 206 g/mol. The van der Waals surface area contributed by atoms with E-state index in [1.165, 1.54) is 23.2 Å². The molecule has 0 aromatic carbocycles. The van der Waals surface area contributed by atoms with E-state index in [-0.39, 0.29) is 17.4 Å². The van der Waals surface area contributed by atoms with Crippen LogP contribution >= 0.6 is 0 Å². The zero-order chi connectivity index (χ0) is 12.1. The second-order valence-electron chi connectivity index (χ2n) is 3.66. The second-order valence-corrected chi connectivity index (χ2v) is 3.66. The Hall–Kier alpha value is -2.09. The molecule has 0 saturated heterocycles. The minimum atomic E-state index is -0.246. The van der Waals surface area contributed by atoms with Crippen LogP contribution in [0.4, 0.5) is 0 Å². The maximum Gasteiger partial charge on any atom is 0.255 e. The van der Waals surface area contributed by atoms with Gasteiger partial charge in [0.25, 0.3) is 5.91 Å². The van der Waals surface area contributed by atoms with Gasteiger partial charge in [-0.3, -0.25) is 9.59 Å². The van der Waals surface area contributed by atoms with Crippen LogP contribution in [-0.4, -0.2) is 29.4 Å². The summed E-state index contributed by atoms with van der Waals surface area (Å²) in [6, 6.07) is 4.83. The first kappa shape index (κ1) is 12.0. The van der Waals surface area contributed by atoms with Crippen LogP contribution in [0.25, 0.3) is 0 Å². The molecule has 0 spiro atoms. The number of H-pyrrole nitrogens is 1. The molecule has 0 bridgehead atoms. The molecule has 5 heteroatoms. The fourth-order valence-corrected chi connectivity index (χ4v) is 1.30. The molecule has 1 atom stereocenters. The monoisotopic (exact) mass is 219 g/mol. The Kier molecular flexibility index (Phi) is 3.84. The number of amides is 1. The number of nitrogens with zero attached hydrogens (tertiary/aromatic N) is 2. The number of carbonyl (C=O) groups is 1. The number of hydrogen-bond acceptors (Lipinski definition) is 3. The van der Waals surface area contributed by atoms with Gasteiger partial charge in [-0.2, -0.15) is 5.26 Å². The number of rotatable bonds is 3. The van der Waals surface area contributed by atoms with Crippen molar-refractivity contribution >= 4 is 5.91 Å². The minimum Gasteiger partial charge on any atom is -0.340 e. The van der Waals surface area contributed by atoms with Crippen molar-refractivity contribution in [2.24, 2.45) is 5.92 Å². The van der Waals surface area contributed by atoms with Crippen molar-refractivity contribution in [3.8, 4) is 6.07 Å².